The van der Waals surface area contributed by atoms with Gasteiger partial charge >= 0.3 is 5.97 Å². The van der Waals surface area contributed by atoms with Crippen molar-refractivity contribution < 1.29 is 9.53 Å². The highest BCUT2D eigenvalue weighted by Crippen LogP contribution is 2.68. The summed E-state index contributed by atoms with van der Waals surface area (Å²) in [5, 5.41) is 5.35. The summed E-state index contributed by atoms with van der Waals surface area (Å²) in [7, 11) is 0. The van der Waals surface area contributed by atoms with Gasteiger partial charge < -0.3 is 4.74 Å². The third-order valence-electron chi connectivity index (χ3n) is 7.53. The molecule has 0 aliphatic heterocycles. The van der Waals surface area contributed by atoms with E-state index in [0.29, 0.717) is 16.5 Å². The average molecular weight is 421 g/mol. The summed E-state index contributed by atoms with van der Waals surface area (Å²) in [6.07, 6.45) is 2.29. The quantitative estimate of drug-likeness (QED) is 0.482. The molecule has 0 unspecified atom stereocenters. The van der Waals surface area contributed by atoms with Gasteiger partial charge in [-0.05, 0) is 48.4 Å². The fraction of sp³-hybridized carbons (Fsp3) is 0.360. The smallest absolute Gasteiger partial charge is 0.340 e. The van der Waals surface area contributed by atoms with Crippen molar-refractivity contribution in [2.75, 3.05) is 0 Å². The third kappa shape index (κ3) is 2.59. The first-order valence-electron chi connectivity index (χ1n) is 10.4. The number of carbonyl (C=O) groups is 1. The first-order valence-corrected chi connectivity index (χ1v) is 10.8. The van der Waals surface area contributed by atoms with Crippen LogP contribution in [0.1, 0.15) is 66.8 Å². The van der Waals surface area contributed by atoms with Gasteiger partial charge in [-0.25, -0.2) is 9.48 Å². The summed E-state index contributed by atoms with van der Waals surface area (Å²) in [6, 6.07) is 17.2. The molecule has 30 heavy (non-hydrogen) atoms. The van der Waals surface area contributed by atoms with E-state index in [2.05, 4.69) is 37.6 Å². The summed E-state index contributed by atoms with van der Waals surface area (Å²) < 4.78 is 7.76. The molecule has 0 saturated heterocycles. The Labute approximate surface area is 181 Å². The second kappa shape index (κ2) is 6.71. The Hall–Kier alpha value is -2.59. The number of hydrogen-bond acceptors (Lipinski definition) is 3. The molecule has 2 aromatic carbocycles. The summed E-state index contributed by atoms with van der Waals surface area (Å²) in [5.41, 5.74) is 5.01. The van der Waals surface area contributed by atoms with E-state index in [0.717, 1.165) is 24.2 Å². The maximum Gasteiger partial charge on any atom is 0.340 e. The number of ether oxygens (including phenoxy) is 1. The zero-order valence-corrected chi connectivity index (χ0v) is 18.2. The number of rotatable bonds is 4. The van der Waals surface area contributed by atoms with Crippen LogP contribution >= 0.6 is 11.6 Å². The predicted octanol–water partition coefficient (Wildman–Crippen LogP) is 6.06. The first-order chi connectivity index (χ1) is 14.3. The highest BCUT2D eigenvalue weighted by Gasteiger charge is 2.62. The van der Waals surface area contributed by atoms with Crippen molar-refractivity contribution in [3.8, 4) is 5.69 Å². The monoisotopic (exact) mass is 420 g/mol. The number of carbonyl (C=O) groups excluding carboxylic acids is 1. The zero-order valence-electron chi connectivity index (χ0n) is 17.5. The van der Waals surface area contributed by atoms with Crippen LogP contribution < -0.4 is 0 Å². The minimum absolute atomic E-state index is 0.0425. The van der Waals surface area contributed by atoms with E-state index < -0.39 is 5.97 Å². The molecular formula is C25H25ClN2O2. The van der Waals surface area contributed by atoms with Crippen LogP contribution in [0.25, 0.3) is 5.69 Å². The van der Waals surface area contributed by atoms with Crippen molar-refractivity contribution in [2.45, 2.75) is 51.6 Å². The number of aromatic nitrogens is 2. The molecule has 5 rings (SSSR count). The Kier molecular flexibility index (Phi) is 4.33. The van der Waals surface area contributed by atoms with Crippen LogP contribution in [-0.4, -0.2) is 15.7 Å². The molecule has 2 bridgehead atoms. The van der Waals surface area contributed by atoms with Crippen LogP contribution in [0.15, 0.2) is 54.6 Å². The molecule has 2 atom stereocenters. The van der Waals surface area contributed by atoms with Gasteiger partial charge in [0.1, 0.15) is 12.3 Å². The zero-order chi connectivity index (χ0) is 21.1. The van der Waals surface area contributed by atoms with E-state index >= 15 is 0 Å². The number of fused-ring (bicyclic) bond motifs is 5. The molecule has 1 fully saturated rings. The lowest BCUT2D eigenvalue weighted by molar-refractivity contribution is 0.0465. The Morgan fingerprint density at radius 1 is 1.13 bits per heavy atom. The topological polar surface area (TPSA) is 44.1 Å². The van der Waals surface area contributed by atoms with Crippen molar-refractivity contribution in [3.63, 3.8) is 0 Å². The second-order valence-electron chi connectivity index (χ2n) is 9.16. The lowest BCUT2D eigenvalue weighted by Gasteiger charge is -2.35. The summed E-state index contributed by atoms with van der Waals surface area (Å²) in [4.78, 5) is 12.6. The van der Waals surface area contributed by atoms with Gasteiger partial charge in [0.2, 0.25) is 0 Å². The highest BCUT2D eigenvalue weighted by atomic mass is 35.5. The Bertz CT molecular complexity index is 1140. The van der Waals surface area contributed by atoms with Crippen LogP contribution in [-0.2, 0) is 16.8 Å². The van der Waals surface area contributed by atoms with E-state index in [4.69, 9.17) is 21.4 Å². The van der Waals surface area contributed by atoms with Gasteiger partial charge in [0.05, 0.1) is 22.0 Å². The largest absolute Gasteiger partial charge is 0.455 e. The Morgan fingerprint density at radius 3 is 2.57 bits per heavy atom. The van der Waals surface area contributed by atoms with Gasteiger partial charge in [0.15, 0.2) is 0 Å². The molecule has 2 aliphatic carbocycles. The molecule has 0 N–H and O–H groups in total. The standard InChI is InChI=1S/C25H25ClN2O2/c1-24(2)18-13-14-25(24,3)22-21(18)20(27-28(22)16-9-5-4-6-10-16)15-30-23(29)17-11-7-8-12-19(17)26/h4-12,18H,13-15H2,1-3H3/t18-,25-/m1/s1. The van der Waals surface area contributed by atoms with Crippen molar-refractivity contribution in [3.05, 3.63) is 82.1 Å². The number of para-hydroxylation sites is 1. The van der Waals surface area contributed by atoms with Crippen molar-refractivity contribution in [2.24, 2.45) is 5.41 Å². The number of nitrogens with zero attached hydrogens (tertiary/aromatic N) is 2. The van der Waals surface area contributed by atoms with Crippen LogP contribution in [0, 0.1) is 5.41 Å². The Balaban J connectivity index is 1.55. The van der Waals surface area contributed by atoms with Gasteiger partial charge in [-0.15, -0.1) is 0 Å². The van der Waals surface area contributed by atoms with E-state index in [1.807, 2.05) is 18.2 Å². The normalized spacial score (nSPS) is 23.4. The van der Waals surface area contributed by atoms with Crippen LogP contribution in [0.4, 0.5) is 0 Å². The second-order valence-corrected chi connectivity index (χ2v) is 9.56. The average Bonchev–Trinajstić information content (AvgIpc) is 3.29. The molecule has 3 aromatic rings. The van der Waals surface area contributed by atoms with E-state index in [1.165, 1.54) is 11.3 Å². The molecule has 5 heteroatoms. The summed E-state index contributed by atoms with van der Waals surface area (Å²) in [5.74, 6) is 0.00113. The molecule has 1 saturated carbocycles. The van der Waals surface area contributed by atoms with Gasteiger partial charge in [-0.1, -0.05) is 62.7 Å². The predicted molar refractivity (Wildman–Crippen MR) is 117 cm³/mol. The van der Waals surface area contributed by atoms with Crippen molar-refractivity contribution in [1.29, 1.82) is 0 Å². The van der Waals surface area contributed by atoms with Crippen molar-refractivity contribution >= 4 is 17.6 Å². The van der Waals surface area contributed by atoms with Crippen molar-refractivity contribution in [1.82, 2.24) is 9.78 Å². The molecule has 0 radical (unpaired) electrons. The molecule has 4 nitrogen and oxygen atoms in total. The SMILES string of the molecule is CC1(C)[C@@H]2CC[C@]1(C)c1c2c(COC(=O)c2ccccc2Cl)nn1-c1ccccc1. The lowest BCUT2D eigenvalue weighted by Crippen LogP contribution is -2.33. The van der Waals surface area contributed by atoms with Gasteiger partial charge in [0, 0.05) is 11.0 Å². The van der Waals surface area contributed by atoms with Gasteiger partial charge in [-0.2, -0.15) is 5.10 Å². The van der Waals surface area contributed by atoms with E-state index in [1.54, 1.807) is 24.3 Å². The lowest BCUT2D eigenvalue weighted by atomic mass is 9.70. The maximum absolute atomic E-state index is 12.6. The highest BCUT2D eigenvalue weighted by molar-refractivity contribution is 6.33. The van der Waals surface area contributed by atoms with E-state index in [9.17, 15) is 4.79 Å². The van der Waals surface area contributed by atoms with E-state index in [-0.39, 0.29) is 17.4 Å². The number of hydrogen-bond donors (Lipinski definition) is 0. The molecule has 0 spiro atoms. The number of benzene rings is 2. The van der Waals surface area contributed by atoms with Crippen LogP contribution in [0.5, 0.6) is 0 Å². The maximum atomic E-state index is 12.6. The van der Waals surface area contributed by atoms with Gasteiger partial charge in [0.25, 0.3) is 0 Å². The minimum atomic E-state index is -0.419. The molecule has 1 heterocycles. The molecule has 154 valence electrons. The fourth-order valence-electron chi connectivity index (χ4n) is 5.50. The molecule has 0 amide bonds. The Morgan fingerprint density at radius 2 is 1.83 bits per heavy atom. The first kappa shape index (κ1) is 19.4. The summed E-state index contributed by atoms with van der Waals surface area (Å²) >= 11 is 6.17. The third-order valence-corrected chi connectivity index (χ3v) is 7.86. The summed E-state index contributed by atoms with van der Waals surface area (Å²) in [6.45, 7) is 7.23. The van der Waals surface area contributed by atoms with Gasteiger partial charge in [-0.3, -0.25) is 0 Å². The number of halogens is 1. The van der Waals surface area contributed by atoms with Crippen LogP contribution in [0.2, 0.25) is 5.02 Å². The fourth-order valence-corrected chi connectivity index (χ4v) is 5.72. The van der Waals surface area contributed by atoms with Crippen LogP contribution in [0.3, 0.4) is 0 Å². The molecule has 2 aliphatic rings. The molecule has 1 aromatic heterocycles. The molecular weight excluding hydrogens is 396 g/mol. The number of esters is 1. The minimum Gasteiger partial charge on any atom is -0.455 e.